The van der Waals surface area contributed by atoms with Gasteiger partial charge in [-0.2, -0.15) is 0 Å². The summed E-state index contributed by atoms with van der Waals surface area (Å²) in [6, 6.07) is 80.3. The Morgan fingerprint density at radius 2 is 0.671 bits per heavy atom. The van der Waals surface area contributed by atoms with E-state index in [2.05, 4.69) is 248 Å². The fraction of sp³-hybridized carbons (Fsp3) is 0.123. The van der Waals surface area contributed by atoms with Crippen LogP contribution in [0.3, 0.4) is 0 Å². The predicted octanol–water partition coefficient (Wildman–Crippen LogP) is 20.0. The Balaban J connectivity index is 1.01. The van der Waals surface area contributed by atoms with Crippen LogP contribution >= 0.6 is 0 Å². The zero-order chi connectivity index (χ0) is 48.9. The van der Waals surface area contributed by atoms with Gasteiger partial charge in [-0.25, -0.2) is 0 Å². The molecule has 0 saturated carbocycles. The van der Waals surface area contributed by atoms with Crippen molar-refractivity contribution in [3.63, 3.8) is 0 Å². The number of benzene rings is 13. The zero-order valence-corrected chi connectivity index (χ0v) is 42.1. The van der Waals surface area contributed by atoms with Gasteiger partial charge in [-0.15, -0.1) is 0 Å². The predicted molar refractivity (Wildman–Crippen MR) is 312 cm³/mol. The molecule has 1 spiro atoms. The maximum atomic E-state index is 2.63. The van der Waals surface area contributed by atoms with Crippen molar-refractivity contribution in [2.75, 3.05) is 0 Å². The minimum atomic E-state index is -0.426. The molecule has 0 N–H and O–H groups in total. The van der Waals surface area contributed by atoms with E-state index in [0.717, 1.165) is 0 Å². The summed E-state index contributed by atoms with van der Waals surface area (Å²) in [6.07, 6.45) is 0. The van der Waals surface area contributed by atoms with Gasteiger partial charge in [0.05, 0.1) is 5.41 Å². The second-order valence-corrected chi connectivity index (χ2v) is 23.4. The van der Waals surface area contributed by atoms with Crippen LogP contribution in [0.1, 0.15) is 74.9 Å². The molecule has 0 unspecified atom stereocenters. The maximum Gasteiger partial charge on any atom is 0.0725 e. The summed E-state index contributed by atoms with van der Waals surface area (Å²) in [4.78, 5) is 0. The smallest absolute Gasteiger partial charge is 0.0619 e. The number of hydrogen-bond acceptors (Lipinski definition) is 0. The third kappa shape index (κ3) is 5.21. The average Bonchev–Trinajstić information content (AvgIpc) is 4.01. The van der Waals surface area contributed by atoms with E-state index in [4.69, 9.17) is 0 Å². The van der Waals surface area contributed by atoms with Crippen molar-refractivity contribution < 1.29 is 0 Å². The quantitative estimate of drug-likeness (QED) is 0.120. The number of hydrogen-bond donors (Lipinski definition) is 0. The third-order valence-electron chi connectivity index (χ3n) is 17.7. The van der Waals surface area contributed by atoms with Crippen LogP contribution in [0.4, 0.5) is 0 Å². The van der Waals surface area contributed by atoms with E-state index in [9.17, 15) is 0 Å². The highest BCUT2D eigenvalue weighted by Crippen LogP contribution is 2.65. The van der Waals surface area contributed by atoms with Gasteiger partial charge in [-0.05, 0) is 194 Å². The van der Waals surface area contributed by atoms with E-state index >= 15 is 0 Å². The molecule has 0 radical (unpaired) electrons. The van der Waals surface area contributed by atoms with Crippen molar-refractivity contribution in [1.82, 2.24) is 0 Å². The fourth-order valence-electron chi connectivity index (χ4n) is 14.5. The number of rotatable bonds is 2. The lowest BCUT2D eigenvalue weighted by Crippen LogP contribution is -2.25. The maximum absolute atomic E-state index is 2.63. The summed E-state index contributed by atoms with van der Waals surface area (Å²) in [5, 5.41) is 15.9. The van der Waals surface area contributed by atoms with E-state index in [1.807, 2.05) is 0 Å². The van der Waals surface area contributed by atoms with E-state index < -0.39 is 5.41 Å². The van der Waals surface area contributed by atoms with E-state index in [-0.39, 0.29) is 10.8 Å². The van der Waals surface area contributed by atoms with Crippen LogP contribution in [-0.2, 0) is 16.2 Å². The molecule has 0 fully saturated rings. The number of fused-ring (bicyclic) bond motifs is 18. The van der Waals surface area contributed by atoms with Crippen molar-refractivity contribution in [3.8, 4) is 66.8 Å². The van der Waals surface area contributed by atoms with E-state index in [0.29, 0.717) is 0 Å². The highest BCUT2D eigenvalue weighted by Gasteiger charge is 2.52. The minimum Gasteiger partial charge on any atom is -0.0619 e. The first-order valence-corrected chi connectivity index (χ1v) is 26.2. The summed E-state index contributed by atoms with van der Waals surface area (Å²) in [7, 11) is 0. The van der Waals surface area contributed by atoms with Crippen molar-refractivity contribution in [1.29, 1.82) is 0 Å². The normalized spacial score (nSPS) is 14.0. The summed E-state index contributed by atoms with van der Waals surface area (Å²) in [5.41, 5.74) is 23.7. The highest BCUT2D eigenvalue weighted by atomic mass is 14.5. The first-order chi connectivity index (χ1) is 35.5. The Hall–Kier alpha value is -8.32. The van der Waals surface area contributed by atoms with E-state index in [1.54, 1.807) is 0 Å². The largest absolute Gasteiger partial charge is 0.0725 e. The van der Waals surface area contributed by atoms with Crippen LogP contribution in [0.5, 0.6) is 0 Å². The molecule has 0 aliphatic heterocycles. The summed E-state index contributed by atoms with van der Waals surface area (Å²) in [6.45, 7) is 13.8. The van der Waals surface area contributed by atoms with Gasteiger partial charge in [0.15, 0.2) is 0 Å². The topological polar surface area (TPSA) is 0 Å². The highest BCUT2D eigenvalue weighted by molar-refractivity contribution is 6.39. The van der Waals surface area contributed by atoms with Gasteiger partial charge < -0.3 is 0 Å². The molecule has 344 valence electrons. The molecule has 0 heteroatoms. The molecular weight excluding hydrogens is 877 g/mol. The van der Waals surface area contributed by atoms with Crippen LogP contribution in [0.2, 0.25) is 0 Å². The van der Waals surface area contributed by atoms with Crippen molar-refractivity contribution in [2.45, 2.75) is 57.8 Å². The van der Waals surface area contributed by atoms with Crippen LogP contribution < -0.4 is 0 Å². The average molecular weight is 929 g/mol. The molecule has 73 heavy (non-hydrogen) atoms. The molecule has 0 amide bonds. The minimum absolute atomic E-state index is 0.0587. The fourth-order valence-corrected chi connectivity index (χ4v) is 14.5. The van der Waals surface area contributed by atoms with Gasteiger partial charge in [-0.1, -0.05) is 230 Å². The van der Waals surface area contributed by atoms with Crippen molar-refractivity contribution in [3.05, 3.63) is 240 Å². The molecule has 13 aromatic rings. The molecule has 0 nitrogen and oxygen atoms in total. The molecule has 0 saturated heterocycles. The van der Waals surface area contributed by atoms with Gasteiger partial charge in [0.1, 0.15) is 0 Å². The van der Waals surface area contributed by atoms with Gasteiger partial charge in [0.2, 0.25) is 0 Å². The Labute approximate surface area is 426 Å². The van der Waals surface area contributed by atoms with Crippen molar-refractivity contribution >= 4 is 64.6 Å². The molecule has 0 heterocycles. The first-order valence-electron chi connectivity index (χ1n) is 26.2. The zero-order valence-electron chi connectivity index (χ0n) is 42.1. The monoisotopic (exact) mass is 928 g/mol. The first kappa shape index (κ1) is 41.3. The summed E-state index contributed by atoms with van der Waals surface area (Å²) >= 11 is 0. The standard InChI is InChI=1S/C73H52/c1-71(2,3)43-30-26-41(27-31-43)65-47-18-7-8-19-48(47)66(42-28-32-44(33-29-42)72(4,5)6)59-39-57-52-36-37-53-60-40-64-68(55-22-15-21-49(67(55)60)50-34-35-51(70(52)69(50)53)56(57)38-58(59)65)54-20-11-14-25-63(54)73(64)61-23-12-9-16-45(61)46-17-10-13-24-62(46)73/h7-40H,1-6H3. The second kappa shape index (κ2) is 14.0. The second-order valence-electron chi connectivity index (χ2n) is 23.4. The SMILES string of the molecule is CC(C)(C)c1ccc(-c2c3ccccc3c(-c3ccc(C(C)(C)C)cc3)c3cc4c(cc23)-c2ccc3c5cccc6c7c(cc(c8ccc-4c2c38)c65)C2(c3ccccc3-c3ccccc32)c2ccccc2-7)cc1. The van der Waals surface area contributed by atoms with Crippen LogP contribution in [0, 0.1) is 0 Å². The van der Waals surface area contributed by atoms with Crippen LogP contribution in [0.15, 0.2) is 206 Å². The Morgan fingerprint density at radius 1 is 0.247 bits per heavy atom. The van der Waals surface area contributed by atoms with Gasteiger partial charge in [0.25, 0.3) is 0 Å². The molecule has 0 bridgehead atoms. The lowest BCUT2D eigenvalue weighted by molar-refractivity contribution is 0.590. The molecule has 3 aliphatic rings. The molecule has 0 atom stereocenters. The Bertz CT molecular complexity index is 4410. The lowest BCUT2D eigenvalue weighted by atomic mass is 9.70. The molecule has 0 aromatic heterocycles. The lowest BCUT2D eigenvalue weighted by Gasteiger charge is -2.31. The van der Waals surface area contributed by atoms with Crippen LogP contribution in [0.25, 0.3) is 131 Å². The summed E-state index contributed by atoms with van der Waals surface area (Å²) < 4.78 is 0. The Kier molecular flexibility index (Phi) is 7.92. The van der Waals surface area contributed by atoms with Gasteiger partial charge in [-0.3, -0.25) is 0 Å². The molecular formula is C73H52. The Morgan fingerprint density at radius 3 is 1.19 bits per heavy atom. The third-order valence-corrected chi connectivity index (χ3v) is 17.7. The summed E-state index contributed by atoms with van der Waals surface area (Å²) in [5.74, 6) is 0. The van der Waals surface area contributed by atoms with Crippen LogP contribution in [-0.4, -0.2) is 0 Å². The molecule has 16 rings (SSSR count). The van der Waals surface area contributed by atoms with Gasteiger partial charge >= 0.3 is 0 Å². The molecule has 3 aliphatic carbocycles. The van der Waals surface area contributed by atoms with Crippen molar-refractivity contribution in [2.24, 2.45) is 0 Å². The van der Waals surface area contributed by atoms with E-state index in [1.165, 1.54) is 165 Å². The molecule has 13 aromatic carbocycles. The van der Waals surface area contributed by atoms with Gasteiger partial charge in [0, 0.05) is 0 Å².